The minimum Gasteiger partial charge on any atom is -0.481 e. The number of nitrogens with two attached hydrogens (primary N) is 1. The topological polar surface area (TPSA) is 101 Å². The molecule has 7 heteroatoms. The second kappa shape index (κ2) is 4.74. The molecule has 1 aromatic carbocycles. The SMILES string of the molecule is NC1(C(=O)O)C(Cc2cc(F)cc(F)c2)CC2C(C(=O)O)C21. The standard InChI is InChI=1S/C15H15F2NO4/c16-8-2-6(3-9(17)5-8)1-7-4-10-11(13(19)20)12(10)15(7,18)14(21)22/h2-3,5,7,10-12H,1,4,18H2,(H,19,20)(H,21,22). The first-order valence-corrected chi connectivity index (χ1v) is 6.95. The molecule has 5 unspecified atom stereocenters. The van der Waals surface area contributed by atoms with Crippen molar-refractivity contribution in [2.24, 2.45) is 29.4 Å². The van der Waals surface area contributed by atoms with Crippen LogP contribution in [0.4, 0.5) is 8.78 Å². The van der Waals surface area contributed by atoms with Gasteiger partial charge in [0.05, 0.1) is 5.92 Å². The van der Waals surface area contributed by atoms with E-state index in [0.717, 1.165) is 18.2 Å². The highest BCUT2D eigenvalue weighted by Crippen LogP contribution is 2.64. The molecule has 2 saturated carbocycles. The van der Waals surface area contributed by atoms with Crippen molar-refractivity contribution in [2.75, 3.05) is 0 Å². The molecule has 2 aliphatic carbocycles. The lowest BCUT2D eigenvalue weighted by molar-refractivity contribution is -0.147. The van der Waals surface area contributed by atoms with Gasteiger partial charge in [-0.05, 0) is 42.4 Å². The molecule has 2 aliphatic rings. The third-order valence-corrected chi connectivity index (χ3v) is 5.01. The van der Waals surface area contributed by atoms with Crippen LogP contribution in [0.3, 0.4) is 0 Å². The molecule has 0 aliphatic heterocycles. The fraction of sp³-hybridized carbons (Fsp3) is 0.467. The van der Waals surface area contributed by atoms with Crippen molar-refractivity contribution in [1.29, 1.82) is 0 Å². The Hall–Kier alpha value is -2.02. The fourth-order valence-electron chi connectivity index (χ4n) is 4.03. The summed E-state index contributed by atoms with van der Waals surface area (Å²) in [7, 11) is 0. The number of carboxylic acids is 2. The molecule has 5 atom stereocenters. The third kappa shape index (κ3) is 2.08. The highest BCUT2D eigenvalue weighted by molar-refractivity contribution is 5.85. The predicted octanol–water partition coefficient (Wildman–Crippen LogP) is 1.26. The monoisotopic (exact) mass is 311 g/mol. The summed E-state index contributed by atoms with van der Waals surface area (Å²) < 4.78 is 26.5. The molecule has 0 saturated heterocycles. The highest BCUT2D eigenvalue weighted by atomic mass is 19.1. The van der Waals surface area contributed by atoms with Gasteiger partial charge >= 0.3 is 11.9 Å². The molecule has 118 valence electrons. The molecule has 1 aromatic rings. The first kappa shape index (κ1) is 14.9. The van der Waals surface area contributed by atoms with Crippen molar-refractivity contribution in [1.82, 2.24) is 0 Å². The Bertz CT molecular complexity index is 645. The molecular weight excluding hydrogens is 296 g/mol. The van der Waals surface area contributed by atoms with Gasteiger partial charge in [-0.15, -0.1) is 0 Å². The summed E-state index contributed by atoms with van der Waals surface area (Å²) in [5.74, 6) is -5.95. The van der Waals surface area contributed by atoms with Gasteiger partial charge in [-0.25, -0.2) is 8.78 Å². The minimum absolute atomic E-state index is 0.108. The number of aliphatic carboxylic acids is 2. The Morgan fingerprint density at radius 2 is 1.82 bits per heavy atom. The molecule has 5 nitrogen and oxygen atoms in total. The van der Waals surface area contributed by atoms with Gasteiger partial charge in [0.1, 0.15) is 17.2 Å². The summed E-state index contributed by atoms with van der Waals surface area (Å²) >= 11 is 0. The maximum Gasteiger partial charge on any atom is 0.324 e. The van der Waals surface area contributed by atoms with Crippen LogP contribution in [0.15, 0.2) is 18.2 Å². The zero-order valence-corrected chi connectivity index (χ0v) is 11.5. The van der Waals surface area contributed by atoms with Crippen LogP contribution in [-0.4, -0.2) is 27.7 Å². The van der Waals surface area contributed by atoms with E-state index in [9.17, 15) is 23.5 Å². The van der Waals surface area contributed by atoms with E-state index in [1.807, 2.05) is 0 Å². The molecule has 0 amide bonds. The van der Waals surface area contributed by atoms with Crippen molar-refractivity contribution < 1.29 is 28.6 Å². The van der Waals surface area contributed by atoms with Crippen LogP contribution >= 0.6 is 0 Å². The van der Waals surface area contributed by atoms with Gasteiger partial charge in [0.15, 0.2) is 0 Å². The van der Waals surface area contributed by atoms with Crippen LogP contribution < -0.4 is 5.73 Å². The van der Waals surface area contributed by atoms with Gasteiger partial charge in [0, 0.05) is 12.0 Å². The van der Waals surface area contributed by atoms with Gasteiger partial charge in [0.25, 0.3) is 0 Å². The van der Waals surface area contributed by atoms with Crippen LogP contribution in [0, 0.1) is 35.3 Å². The van der Waals surface area contributed by atoms with E-state index in [1.54, 1.807) is 0 Å². The van der Waals surface area contributed by atoms with Gasteiger partial charge < -0.3 is 15.9 Å². The lowest BCUT2D eigenvalue weighted by Crippen LogP contribution is -2.55. The molecule has 0 spiro atoms. The number of halogens is 2. The quantitative estimate of drug-likeness (QED) is 0.777. The minimum atomic E-state index is -1.67. The maximum absolute atomic E-state index is 13.2. The van der Waals surface area contributed by atoms with Crippen molar-refractivity contribution in [3.63, 3.8) is 0 Å². The van der Waals surface area contributed by atoms with Crippen LogP contribution in [0.2, 0.25) is 0 Å². The van der Waals surface area contributed by atoms with Crippen LogP contribution in [-0.2, 0) is 16.0 Å². The Balaban J connectivity index is 1.86. The van der Waals surface area contributed by atoms with Gasteiger partial charge in [0.2, 0.25) is 0 Å². The molecule has 2 fully saturated rings. The van der Waals surface area contributed by atoms with E-state index in [0.29, 0.717) is 12.0 Å². The number of hydrogen-bond acceptors (Lipinski definition) is 3. The Morgan fingerprint density at radius 1 is 1.23 bits per heavy atom. The number of hydrogen-bond donors (Lipinski definition) is 3. The molecule has 0 bridgehead atoms. The number of benzene rings is 1. The van der Waals surface area contributed by atoms with E-state index in [-0.39, 0.29) is 12.3 Å². The molecule has 22 heavy (non-hydrogen) atoms. The molecule has 0 heterocycles. The number of carbonyl (C=O) groups is 2. The zero-order chi connectivity index (χ0) is 16.2. The Morgan fingerprint density at radius 3 is 2.32 bits per heavy atom. The molecule has 0 radical (unpaired) electrons. The summed E-state index contributed by atoms with van der Waals surface area (Å²) in [6.45, 7) is 0. The van der Waals surface area contributed by atoms with Crippen LogP contribution in [0.25, 0.3) is 0 Å². The van der Waals surface area contributed by atoms with E-state index >= 15 is 0 Å². The normalized spacial score (nSPS) is 36.0. The number of rotatable bonds is 4. The molecule has 3 rings (SSSR count). The van der Waals surface area contributed by atoms with Crippen molar-refractivity contribution in [3.8, 4) is 0 Å². The summed E-state index contributed by atoms with van der Waals surface area (Å²) in [5.41, 5.74) is 4.69. The fourth-order valence-corrected chi connectivity index (χ4v) is 4.03. The number of carboxylic acid groups (broad SMARTS) is 2. The zero-order valence-electron chi connectivity index (χ0n) is 11.5. The van der Waals surface area contributed by atoms with E-state index < -0.39 is 46.9 Å². The summed E-state index contributed by atoms with van der Waals surface area (Å²) in [6, 6.07) is 3.02. The second-order valence-corrected chi connectivity index (χ2v) is 6.21. The van der Waals surface area contributed by atoms with E-state index in [4.69, 9.17) is 10.8 Å². The van der Waals surface area contributed by atoms with Crippen molar-refractivity contribution >= 4 is 11.9 Å². The van der Waals surface area contributed by atoms with Crippen molar-refractivity contribution in [3.05, 3.63) is 35.4 Å². The molecule has 4 N–H and O–H groups in total. The lowest BCUT2D eigenvalue weighted by atomic mass is 9.78. The van der Waals surface area contributed by atoms with Crippen molar-refractivity contribution in [2.45, 2.75) is 18.4 Å². The second-order valence-electron chi connectivity index (χ2n) is 6.21. The van der Waals surface area contributed by atoms with Gasteiger partial charge in [-0.2, -0.15) is 0 Å². The summed E-state index contributed by atoms with van der Waals surface area (Å²) in [4.78, 5) is 22.7. The van der Waals surface area contributed by atoms with Crippen LogP contribution in [0.1, 0.15) is 12.0 Å². The van der Waals surface area contributed by atoms with E-state index in [1.165, 1.54) is 0 Å². The van der Waals surface area contributed by atoms with Gasteiger partial charge in [-0.3, -0.25) is 9.59 Å². The molecule has 0 aromatic heterocycles. The average Bonchev–Trinajstić information content (AvgIpc) is 3.03. The lowest BCUT2D eigenvalue weighted by Gasteiger charge is -2.31. The molecular formula is C15H15F2NO4. The Labute approximate surface area is 124 Å². The Kier molecular flexibility index (Phi) is 3.21. The van der Waals surface area contributed by atoms with E-state index in [2.05, 4.69) is 0 Å². The smallest absolute Gasteiger partial charge is 0.324 e. The number of fused-ring (bicyclic) bond motifs is 1. The first-order valence-electron chi connectivity index (χ1n) is 6.95. The maximum atomic E-state index is 13.2. The third-order valence-electron chi connectivity index (χ3n) is 5.01. The van der Waals surface area contributed by atoms with Gasteiger partial charge in [-0.1, -0.05) is 0 Å². The largest absolute Gasteiger partial charge is 0.481 e. The van der Waals surface area contributed by atoms with Crippen LogP contribution in [0.5, 0.6) is 0 Å². The summed E-state index contributed by atoms with van der Waals surface area (Å²) in [5, 5.41) is 18.5. The average molecular weight is 311 g/mol. The highest BCUT2D eigenvalue weighted by Gasteiger charge is 2.73. The summed E-state index contributed by atoms with van der Waals surface area (Å²) in [6.07, 6.45) is 0.444. The predicted molar refractivity (Wildman–Crippen MR) is 70.8 cm³/mol. The first-order chi connectivity index (χ1) is 10.2.